The van der Waals surface area contributed by atoms with E-state index in [4.69, 9.17) is 5.73 Å². The first kappa shape index (κ1) is 13.1. The van der Waals surface area contributed by atoms with Crippen molar-refractivity contribution < 1.29 is 4.79 Å². The fourth-order valence-corrected chi connectivity index (χ4v) is 1.83. The molecule has 1 atom stereocenters. The molecule has 0 saturated heterocycles. The molecule has 0 fully saturated rings. The van der Waals surface area contributed by atoms with Gasteiger partial charge in [-0.05, 0) is 18.6 Å². The first-order chi connectivity index (χ1) is 7.63. The number of anilines is 1. The normalized spacial score (nSPS) is 12.2. The van der Waals surface area contributed by atoms with Crippen LogP contribution in [0.1, 0.15) is 12.5 Å². The molecule has 0 saturated carbocycles. The molecule has 16 heavy (non-hydrogen) atoms. The van der Waals surface area contributed by atoms with Crippen LogP contribution < -0.4 is 11.1 Å². The molecule has 0 radical (unpaired) electrons. The minimum Gasteiger partial charge on any atom is -0.329 e. The number of aryl methyl sites for hydroxylation is 1. The lowest BCUT2D eigenvalue weighted by molar-refractivity contribution is -0.113. The largest absolute Gasteiger partial charge is 0.329 e. The summed E-state index contributed by atoms with van der Waals surface area (Å²) in [4.78, 5) is 11.6. The maximum Gasteiger partial charge on any atom is 0.234 e. The van der Waals surface area contributed by atoms with Gasteiger partial charge in [0.15, 0.2) is 0 Å². The van der Waals surface area contributed by atoms with E-state index >= 15 is 0 Å². The minimum absolute atomic E-state index is 0.0274. The van der Waals surface area contributed by atoms with Gasteiger partial charge in [-0.25, -0.2) is 0 Å². The van der Waals surface area contributed by atoms with Gasteiger partial charge in [-0.15, -0.1) is 11.8 Å². The summed E-state index contributed by atoms with van der Waals surface area (Å²) < 4.78 is 0. The summed E-state index contributed by atoms with van der Waals surface area (Å²) in [6, 6.07) is 7.75. The van der Waals surface area contributed by atoms with Crippen LogP contribution in [-0.4, -0.2) is 23.5 Å². The molecule has 1 unspecified atom stereocenters. The van der Waals surface area contributed by atoms with Gasteiger partial charge in [0.1, 0.15) is 0 Å². The highest BCUT2D eigenvalue weighted by Gasteiger charge is 2.06. The van der Waals surface area contributed by atoms with E-state index in [1.165, 1.54) is 0 Å². The van der Waals surface area contributed by atoms with Crippen molar-refractivity contribution in [2.24, 2.45) is 5.73 Å². The molecule has 0 heterocycles. The minimum atomic E-state index is 0.0274. The van der Waals surface area contributed by atoms with Gasteiger partial charge in [0.2, 0.25) is 5.91 Å². The molecule has 0 aliphatic heterocycles. The van der Waals surface area contributed by atoms with E-state index in [0.717, 1.165) is 11.3 Å². The number of hydrogen-bond acceptors (Lipinski definition) is 3. The fraction of sp³-hybridized carbons (Fsp3) is 0.417. The van der Waals surface area contributed by atoms with Crippen molar-refractivity contribution in [3.63, 3.8) is 0 Å². The fourth-order valence-electron chi connectivity index (χ4n) is 1.19. The zero-order chi connectivity index (χ0) is 12.0. The van der Waals surface area contributed by atoms with E-state index in [-0.39, 0.29) is 5.91 Å². The molecule has 0 aliphatic rings. The van der Waals surface area contributed by atoms with E-state index in [9.17, 15) is 4.79 Å². The summed E-state index contributed by atoms with van der Waals surface area (Å²) in [5.41, 5.74) is 7.44. The van der Waals surface area contributed by atoms with Gasteiger partial charge in [0, 0.05) is 17.5 Å². The van der Waals surface area contributed by atoms with Crippen molar-refractivity contribution in [2.45, 2.75) is 19.1 Å². The van der Waals surface area contributed by atoms with Crippen LogP contribution in [-0.2, 0) is 4.79 Å². The molecule has 1 rings (SSSR count). The average molecular weight is 238 g/mol. The van der Waals surface area contributed by atoms with Crippen LogP contribution in [0.5, 0.6) is 0 Å². The van der Waals surface area contributed by atoms with E-state index in [0.29, 0.717) is 17.5 Å². The number of benzene rings is 1. The Hall–Kier alpha value is -1.000. The SMILES string of the molecule is Cc1ccccc1NC(=O)CSC(C)CN. The highest BCUT2D eigenvalue weighted by Crippen LogP contribution is 2.14. The second-order valence-corrected chi connectivity index (χ2v) is 5.15. The molecule has 1 aromatic rings. The van der Waals surface area contributed by atoms with E-state index < -0.39 is 0 Å². The summed E-state index contributed by atoms with van der Waals surface area (Å²) >= 11 is 1.57. The monoisotopic (exact) mass is 238 g/mol. The lowest BCUT2D eigenvalue weighted by Crippen LogP contribution is -2.19. The van der Waals surface area contributed by atoms with Crippen LogP contribution in [0.15, 0.2) is 24.3 Å². The van der Waals surface area contributed by atoms with E-state index in [2.05, 4.69) is 5.32 Å². The Morgan fingerprint density at radius 2 is 2.19 bits per heavy atom. The molecule has 3 nitrogen and oxygen atoms in total. The number of para-hydroxylation sites is 1. The Labute approximate surface area is 101 Å². The second-order valence-electron chi connectivity index (χ2n) is 3.72. The van der Waals surface area contributed by atoms with Crippen molar-refractivity contribution in [3.05, 3.63) is 29.8 Å². The van der Waals surface area contributed by atoms with Gasteiger partial charge in [0.05, 0.1) is 5.75 Å². The molecular formula is C12H18N2OS. The van der Waals surface area contributed by atoms with Gasteiger partial charge in [-0.1, -0.05) is 25.1 Å². The zero-order valence-corrected chi connectivity index (χ0v) is 10.5. The third-order valence-electron chi connectivity index (χ3n) is 2.25. The molecular weight excluding hydrogens is 220 g/mol. The maximum atomic E-state index is 11.6. The van der Waals surface area contributed by atoms with Gasteiger partial charge in [-0.3, -0.25) is 4.79 Å². The lowest BCUT2D eigenvalue weighted by atomic mass is 10.2. The summed E-state index contributed by atoms with van der Waals surface area (Å²) in [6.07, 6.45) is 0. The molecule has 0 aliphatic carbocycles. The third kappa shape index (κ3) is 4.24. The Morgan fingerprint density at radius 1 is 1.50 bits per heavy atom. The molecule has 88 valence electrons. The Bertz CT molecular complexity index is 355. The molecule has 1 aromatic carbocycles. The van der Waals surface area contributed by atoms with E-state index in [1.54, 1.807) is 11.8 Å². The quantitative estimate of drug-likeness (QED) is 0.825. The van der Waals surface area contributed by atoms with Crippen molar-refractivity contribution in [1.82, 2.24) is 0 Å². The predicted molar refractivity (Wildman–Crippen MR) is 70.8 cm³/mol. The lowest BCUT2D eigenvalue weighted by Gasteiger charge is -2.10. The Balaban J connectivity index is 2.43. The first-order valence-electron chi connectivity index (χ1n) is 5.30. The standard InChI is InChI=1S/C12H18N2OS/c1-9-5-3-4-6-11(9)14-12(15)8-16-10(2)7-13/h3-6,10H,7-8,13H2,1-2H3,(H,14,15). The Kier molecular flexibility index (Phi) is 5.35. The summed E-state index contributed by atoms with van der Waals surface area (Å²) in [6.45, 7) is 4.60. The third-order valence-corrected chi connectivity index (χ3v) is 3.44. The molecule has 4 heteroatoms. The number of carbonyl (C=O) groups excluding carboxylic acids is 1. The maximum absolute atomic E-state index is 11.6. The van der Waals surface area contributed by atoms with Gasteiger partial charge in [-0.2, -0.15) is 0 Å². The molecule has 0 bridgehead atoms. The number of nitrogens with two attached hydrogens (primary N) is 1. The van der Waals surface area contributed by atoms with Crippen LogP contribution >= 0.6 is 11.8 Å². The van der Waals surface area contributed by atoms with Crippen molar-refractivity contribution in [3.8, 4) is 0 Å². The van der Waals surface area contributed by atoms with E-state index in [1.807, 2.05) is 38.1 Å². The van der Waals surface area contributed by atoms with Gasteiger partial charge < -0.3 is 11.1 Å². The number of hydrogen-bond donors (Lipinski definition) is 2. The van der Waals surface area contributed by atoms with Gasteiger partial charge in [0.25, 0.3) is 0 Å². The molecule has 0 aromatic heterocycles. The second kappa shape index (κ2) is 6.55. The first-order valence-corrected chi connectivity index (χ1v) is 6.35. The number of nitrogens with one attached hydrogen (secondary N) is 1. The highest BCUT2D eigenvalue weighted by molar-refractivity contribution is 8.00. The summed E-state index contributed by atoms with van der Waals surface area (Å²) in [7, 11) is 0. The predicted octanol–water partition coefficient (Wildman–Crippen LogP) is 2.01. The number of carbonyl (C=O) groups is 1. The van der Waals surface area contributed by atoms with Crippen LogP contribution in [0.25, 0.3) is 0 Å². The van der Waals surface area contributed by atoms with Crippen molar-refractivity contribution in [1.29, 1.82) is 0 Å². The smallest absolute Gasteiger partial charge is 0.234 e. The number of amides is 1. The highest BCUT2D eigenvalue weighted by atomic mass is 32.2. The summed E-state index contributed by atoms with van der Waals surface area (Å²) in [5, 5.41) is 3.21. The number of thioether (sulfide) groups is 1. The van der Waals surface area contributed by atoms with Crippen molar-refractivity contribution in [2.75, 3.05) is 17.6 Å². The molecule has 3 N–H and O–H groups in total. The molecule has 1 amide bonds. The topological polar surface area (TPSA) is 55.1 Å². The van der Waals surface area contributed by atoms with Crippen molar-refractivity contribution >= 4 is 23.4 Å². The van der Waals surface area contributed by atoms with Crippen LogP contribution in [0, 0.1) is 6.92 Å². The van der Waals surface area contributed by atoms with Crippen LogP contribution in [0.4, 0.5) is 5.69 Å². The number of rotatable bonds is 5. The zero-order valence-electron chi connectivity index (χ0n) is 9.69. The van der Waals surface area contributed by atoms with Crippen LogP contribution in [0.2, 0.25) is 0 Å². The van der Waals surface area contributed by atoms with Gasteiger partial charge >= 0.3 is 0 Å². The molecule has 0 spiro atoms. The summed E-state index contributed by atoms with van der Waals surface area (Å²) in [5.74, 6) is 0.478. The average Bonchev–Trinajstić information content (AvgIpc) is 2.29. The Morgan fingerprint density at radius 3 is 2.81 bits per heavy atom. The van der Waals surface area contributed by atoms with Crippen LogP contribution in [0.3, 0.4) is 0 Å².